The van der Waals surface area contributed by atoms with Crippen LogP contribution in [0.4, 0.5) is 5.69 Å². The van der Waals surface area contributed by atoms with Crippen LogP contribution < -0.4 is 5.32 Å². The summed E-state index contributed by atoms with van der Waals surface area (Å²) < 4.78 is 0. The maximum absolute atomic E-state index is 13.4. The Kier molecular flexibility index (Phi) is 5.76. The summed E-state index contributed by atoms with van der Waals surface area (Å²) in [6.45, 7) is 4.08. The summed E-state index contributed by atoms with van der Waals surface area (Å²) in [7, 11) is 0. The first kappa shape index (κ1) is 20.4. The number of aryl methyl sites for hydroxylation is 2. The molecule has 1 amide bonds. The molecule has 0 saturated heterocycles. The van der Waals surface area contributed by atoms with Gasteiger partial charge < -0.3 is 5.32 Å². The van der Waals surface area contributed by atoms with Crippen LogP contribution in [0.15, 0.2) is 66.7 Å². The maximum atomic E-state index is 13.4. The molecular formula is C25H20Cl2N2O. The number of para-hydroxylation sites is 2. The van der Waals surface area contributed by atoms with Gasteiger partial charge in [-0.3, -0.25) is 4.79 Å². The molecule has 0 aliphatic carbocycles. The molecule has 4 aromatic rings. The van der Waals surface area contributed by atoms with Gasteiger partial charge in [0.25, 0.3) is 5.91 Å². The summed E-state index contributed by atoms with van der Waals surface area (Å²) in [5, 5.41) is 4.84. The number of nitrogens with zero attached hydrogens (tertiary/aromatic N) is 1. The average Bonchev–Trinajstić information content (AvgIpc) is 2.76. The van der Waals surface area contributed by atoms with Crippen LogP contribution in [-0.2, 0) is 6.42 Å². The van der Waals surface area contributed by atoms with E-state index in [-0.39, 0.29) is 5.91 Å². The van der Waals surface area contributed by atoms with Gasteiger partial charge in [-0.1, -0.05) is 72.6 Å². The molecule has 0 fully saturated rings. The Hall–Kier alpha value is -2.88. The fourth-order valence-corrected chi connectivity index (χ4v) is 3.85. The minimum Gasteiger partial charge on any atom is -0.321 e. The van der Waals surface area contributed by atoms with Crippen molar-refractivity contribution < 1.29 is 4.79 Å². The van der Waals surface area contributed by atoms with Crippen molar-refractivity contribution in [1.29, 1.82) is 0 Å². The minimum atomic E-state index is -0.168. The summed E-state index contributed by atoms with van der Waals surface area (Å²) in [4.78, 5) is 18.1. The van der Waals surface area contributed by atoms with Crippen molar-refractivity contribution in [3.05, 3.63) is 93.5 Å². The van der Waals surface area contributed by atoms with Crippen LogP contribution >= 0.6 is 23.2 Å². The number of rotatable bonds is 4. The Bertz CT molecular complexity index is 1270. The van der Waals surface area contributed by atoms with Gasteiger partial charge in [0.15, 0.2) is 0 Å². The number of halogens is 2. The number of hydrogen-bond acceptors (Lipinski definition) is 2. The van der Waals surface area contributed by atoms with Gasteiger partial charge >= 0.3 is 0 Å². The summed E-state index contributed by atoms with van der Waals surface area (Å²) in [6, 6.07) is 20.8. The van der Waals surface area contributed by atoms with Gasteiger partial charge in [0.05, 0.1) is 26.8 Å². The molecule has 4 rings (SSSR count). The van der Waals surface area contributed by atoms with Crippen molar-refractivity contribution in [2.45, 2.75) is 20.3 Å². The number of fused-ring (bicyclic) bond motifs is 1. The molecule has 30 heavy (non-hydrogen) atoms. The lowest BCUT2D eigenvalue weighted by Crippen LogP contribution is -2.15. The molecular weight excluding hydrogens is 415 g/mol. The normalized spacial score (nSPS) is 10.9. The van der Waals surface area contributed by atoms with Gasteiger partial charge in [0.2, 0.25) is 0 Å². The Morgan fingerprint density at radius 2 is 1.77 bits per heavy atom. The van der Waals surface area contributed by atoms with E-state index in [9.17, 15) is 4.79 Å². The smallest absolute Gasteiger partial charge is 0.256 e. The first-order chi connectivity index (χ1) is 14.5. The van der Waals surface area contributed by atoms with Gasteiger partial charge in [-0.25, -0.2) is 4.98 Å². The lowest BCUT2D eigenvalue weighted by Gasteiger charge is -2.15. The molecule has 150 valence electrons. The van der Waals surface area contributed by atoms with Crippen molar-refractivity contribution in [2.75, 3.05) is 5.32 Å². The largest absolute Gasteiger partial charge is 0.321 e. The van der Waals surface area contributed by atoms with Crippen LogP contribution in [0.2, 0.25) is 10.0 Å². The third-order valence-corrected chi connectivity index (χ3v) is 5.89. The molecule has 0 spiro atoms. The van der Waals surface area contributed by atoms with E-state index in [1.807, 2.05) is 55.5 Å². The Labute approximate surface area is 185 Å². The van der Waals surface area contributed by atoms with Gasteiger partial charge in [-0.2, -0.15) is 0 Å². The van der Waals surface area contributed by atoms with Crippen LogP contribution in [0.3, 0.4) is 0 Å². The number of hydrogen-bond donors (Lipinski definition) is 1. The molecule has 3 aromatic carbocycles. The summed E-state index contributed by atoms with van der Waals surface area (Å²) in [5.41, 5.74) is 5.77. The van der Waals surface area contributed by atoms with Crippen molar-refractivity contribution in [1.82, 2.24) is 4.98 Å². The Morgan fingerprint density at radius 3 is 2.53 bits per heavy atom. The zero-order valence-corrected chi connectivity index (χ0v) is 18.2. The number of carbonyl (C=O) groups excluding carboxylic acids is 1. The van der Waals surface area contributed by atoms with E-state index in [0.717, 1.165) is 39.7 Å². The predicted molar refractivity (Wildman–Crippen MR) is 126 cm³/mol. The number of carbonyl (C=O) groups is 1. The number of aromatic nitrogens is 1. The molecule has 0 aliphatic rings. The molecule has 0 aliphatic heterocycles. The Balaban J connectivity index is 1.84. The molecule has 0 atom stereocenters. The van der Waals surface area contributed by atoms with Gasteiger partial charge in [0, 0.05) is 16.6 Å². The lowest BCUT2D eigenvalue weighted by molar-refractivity contribution is 0.102. The summed E-state index contributed by atoms with van der Waals surface area (Å²) in [5.74, 6) is -0.168. The second-order valence-electron chi connectivity index (χ2n) is 7.12. The fourth-order valence-electron chi connectivity index (χ4n) is 3.55. The van der Waals surface area contributed by atoms with Crippen molar-refractivity contribution in [3.63, 3.8) is 0 Å². The molecule has 0 saturated carbocycles. The molecule has 1 aromatic heterocycles. The fraction of sp³-hybridized carbons (Fsp3) is 0.120. The van der Waals surface area contributed by atoms with E-state index in [1.54, 1.807) is 18.2 Å². The molecule has 1 N–H and O–H groups in total. The zero-order valence-electron chi connectivity index (χ0n) is 16.7. The molecule has 1 heterocycles. The highest BCUT2D eigenvalue weighted by molar-refractivity contribution is 6.42. The molecule has 0 bridgehead atoms. The maximum Gasteiger partial charge on any atom is 0.256 e. The highest BCUT2D eigenvalue weighted by Gasteiger charge is 2.16. The van der Waals surface area contributed by atoms with Crippen molar-refractivity contribution in [3.8, 4) is 11.3 Å². The minimum absolute atomic E-state index is 0.168. The average molecular weight is 435 g/mol. The van der Waals surface area contributed by atoms with Crippen LogP contribution in [0, 0.1) is 6.92 Å². The molecule has 0 radical (unpaired) electrons. The summed E-state index contributed by atoms with van der Waals surface area (Å²) in [6.07, 6.45) is 0.836. The number of pyridine rings is 1. The molecule has 5 heteroatoms. The molecule has 3 nitrogen and oxygen atoms in total. The molecule has 0 unspecified atom stereocenters. The third kappa shape index (κ3) is 3.91. The van der Waals surface area contributed by atoms with E-state index in [0.29, 0.717) is 21.3 Å². The monoisotopic (exact) mass is 434 g/mol. The quantitative estimate of drug-likeness (QED) is 0.365. The summed E-state index contributed by atoms with van der Waals surface area (Å²) >= 11 is 12.3. The van der Waals surface area contributed by atoms with Gasteiger partial charge in [-0.15, -0.1) is 0 Å². The number of nitrogens with one attached hydrogen (secondary N) is 1. The van der Waals surface area contributed by atoms with E-state index in [1.165, 1.54) is 0 Å². The first-order valence-electron chi connectivity index (χ1n) is 9.73. The third-order valence-electron chi connectivity index (χ3n) is 5.15. The lowest BCUT2D eigenvalue weighted by atomic mass is 10.0. The second-order valence-corrected chi connectivity index (χ2v) is 7.93. The topological polar surface area (TPSA) is 42.0 Å². The van der Waals surface area contributed by atoms with E-state index >= 15 is 0 Å². The van der Waals surface area contributed by atoms with Crippen LogP contribution in [0.5, 0.6) is 0 Å². The number of amides is 1. The number of anilines is 1. The SMILES string of the molecule is CCc1cccc(C)c1NC(=O)c1cc(-c2ccc(Cl)c(Cl)c2)nc2ccccc12. The van der Waals surface area contributed by atoms with Crippen LogP contribution in [0.25, 0.3) is 22.2 Å². The van der Waals surface area contributed by atoms with Crippen LogP contribution in [-0.4, -0.2) is 10.9 Å². The van der Waals surface area contributed by atoms with Gasteiger partial charge in [0.1, 0.15) is 0 Å². The highest BCUT2D eigenvalue weighted by Crippen LogP contribution is 2.31. The van der Waals surface area contributed by atoms with E-state index in [4.69, 9.17) is 28.2 Å². The van der Waals surface area contributed by atoms with Crippen molar-refractivity contribution >= 4 is 45.7 Å². The Morgan fingerprint density at radius 1 is 0.967 bits per heavy atom. The van der Waals surface area contributed by atoms with Gasteiger partial charge in [-0.05, 0) is 48.7 Å². The van der Waals surface area contributed by atoms with Crippen LogP contribution in [0.1, 0.15) is 28.4 Å². The first-order valence-corrected chi connectivity index (χ1v) is 10.5. The predicted octanol–water partition coefficient (Wildman–Crippen LogP) is 7.33. The highest BCUT2D eigenvalue weighted by atomic mass is 35.5. The second kappa shape index (κ2) is 8.47. The number of benzene rings is 3. The van der Waals surface area contributed by atoms with Crippen molar-refractivity contribution in [2.24, 2.45) is 0 Å². The van der Waals surface area contributed by atoms with E-state index < -0.39 is 0 Å². The zero-order chi connectivity index (χ0) is 21.3. The standard InChI is InChI=1S/C25H20Cl2N2O/c1-3-16-8-6-7-15(2)24(16)29-25(30)19-14-23(17-11-12-20(26)21(27)13-17)28-22-10-5-4-9-18(19)22/h4-14H,3H2,1-2H3,(H,29,30). The van der Waals surface area contributed by atoms with E-state index in [2.05, 4.69) is 12.2 Å².